The van der Waals surface area contributed by atoms with Gasteiger partial charge in [0.1, 0.15) is 5.75 Å². The van der Waals surface area contributed by atoms with E-state index in [4.69, 9.17) is 14.9 Å². The number of benzene rings is 2. The zero-order valence-electron chi connectivity index (χ0n) is 23.2. The average molecular weight is 542 g/mol. The molecule has 0 unspecified atom stereocenters. The summed E-state index contributed by atoms with van der Waals surface area (Å²) in [4.78, 5) is 38.3. The van der Waals surface area contributed by atoms with Crippen molar-refractivity contribution in [2.24, 2.45) is 0 Å². The molecule has 0 bridgehead atoms. The third kappa shape index (κ3) is 10.2. The molecule has 2 aromatic carbocycles. The maximum Gasteiger partial charge on any atom is 0.328 e. The molecule has 0 atom stereocenters. The number of piperazine rings is 1. The molecule has 0 saturated carbocycles. The summed E-state index contributed by atoms with van der Waals surface area (Å²) in [6.45, 7) is 9.06. The summed E-state index contributed by atoms with van der Waals surface area (Å²) in [6, 6.07) is 12.0. The van der Waals surface area contributed by atoms with Crippen LogP contribution >= 0.6 is 0 Å². The van der Waals surface area contributed by atoms with Gasteiger partial charge in [0, 0.05) is 62.8 Å². The average Bonchev–Trinajstić information content (AvgIpc) is 2.89. The normalized spacial score (nSPS) is 13.1. The van der Waals surface area contributed by atoms with Crippen LogP contribution in [0, 0.1) is 13.8 Å². The fourth-order valence-corrected chi connectivity index (χ4v) is 3.91. The summed E-state index contributed by atoms with van der Waals surface area (Å²) in [5.41, 5.74) is 5.51. The Labute approximate surface area is 229 Å². The number of aliphatic carboxylic acids is 2. The zero-order valence-corrected chi connectivity index (χ0v) is 23.2. The molecule has 4 N–H and O–H groups in total. The topological polar surface area (TPSA) is 135 Å². The van der Waals surface area contributed by atoms with Gasteiger partial charge in [-0.15, -0.1) is 0 Å². The summed E-state index contributed by atoms with van der Waals surface area (Å²) in [7, 11) is 5.73. The number of rotatable bonds is 9. The molecule has 0 aliphatic carbocycles. The smallest absolute Gasteiger partial charge is 0.328 e. The Kier molecular flexibility index (Phi) is 12.1. The number of ether oxygens (including phenoxy) is 1. The SMILES string of the molecule is COc1ccc(NC(=O)N2CCN(c3cccc(C)c3C)CC2)cc1NCCN(C)C.O=C(O)/C=C/C(=O)O. The molecule has 1 heterocycles. The first-order chi connectivity index (χ1) is 18.5. The lowest BCUT2D eigenvalue weighted by Crippen LogP contribution is -2.50. The number of carboxylic acid groups (broad SMARTS) is 2. The number of nitrogens with one attached hydrogen (secondary N) is 2. The predicted molar refractivity (Wildman–Crippen MR) is 153 cm³/mol. The van der Waals surface area contributed by atoms with E-state index in [1.807, 2.05) is 37.2 Å². The molecule has 0 radical (unpaired) electrons. The van der Waals surface area contributed by atoms with Gasteiger partial charge < -0.3 is 40.3 Å². The Morgan fingerprint density at radius 1 is 1.00 bits per heavy atom. The molecule has 2 amide bonds. The Morgan fingerprint density at radius 3 is 2.21 bits per heavy atom. The number of hydrogen-bond acceptors (Lipinski definition) is 7. The number of hydrogen-bond donors (Lipinski definition) is 4. The highest BCUT2D eigenvalue weighted by molar-refractivity contribution is 5.90. The van der Waals surface area contributed by atoms with Crippen molar-refractivity contribution in [3.05, 3.63) is 59.7 Å². The van der Waals surface area contributed by atoms with Crippen molar-refractivity contribution in [1.29, 1.82) is 0 Å². The minimum Gasteiger partial charge on any atom is -0.495 e. The van der Waals surface area contributed by atoms with Crippen molar-refractivity contribution in [3.63, 3.8) is 0 Å². The van der Waals surface area contributed by atoms with Crippen molar-refractivity contribution >= 4 is 35.0 Å². The molecule has 11 nitrogen and oxygen atoms in total. The number of carboxylic acids is 2. The van der Waals surface area contributed by atoms with E-state index in [0.717, 1.165) is 43.3 Å². The molecule has 0 aromatic heterocycles. The maximum absolute atomic E-state index is 12.8. The molecule has 212 valence electrons. The van der Waals surface area contributed by atoms with Gasteiger partial charge in [0.25, 0.3) is 0 Å². The van der Waals surface area contributed by atoms with Crippen LogP contribution < -0.4 is 20.3 Å². The molecule has 3 rings (SSSR count). The molecule has 1 aliphatic heterocycles. The third-order valence-corrected chi connectivity index (χ3v) is 6.18. The summed E-state index contributed by atoms with van der Waals surface area (Å²) < 4.78 is 5.45. The highest BCUT2D eigenvalue weighted by Crippen LogP contribution is 2.28. The lowest BCUT2D eigenvalue weighted by molar-refractivity contribution is -0.134. The van der Waals surface area contributed by atoms with Crippen LogP contribution in [0.5, 0.6) is 5.75 Å². The first kappa shape index (κ1) is 31.0. The zero-order chi connectivity index (χ0) is 28.9. The van der Waals surface area contributed by atoms with E-state index in [-0.39, 0.29) is 6.03 Å². The number of anilines is 3. The monoisotopic (exact) mass is 541 g/mol. The molecule has 1 saturated heterocycles. The van der Waals surface area contributed by atoms with Gasteiger partial charge in [-0.3, -0.25) is 0 Å². The lowest BCUT2D eigenvalue weighted by Gasteiger charge is -2.37. The van der Waals surface area contributed by atoms with Gasteiger partial charge in [0.15, 0.2) is 0 Å². The van der Waals surface area contributed by atoms with Crippen LogP contribution in [0.2, 0.25) is 0 Å². The van der Waals surface area contributed by atoms with Crippen LogP contribution in [0.1, 0.15) is 11.1 Å². The Morgan fingerprint density at radius 2 is 1.64 bits per heavy atom. The Bertz CT molecular complexity index is 1140. The quantitative estimate of drug-likeness (QED) is 0.353. The minimum absolute atomic E-state index is 0.0648. The van der Waals surface area contributed by atoms with Gasteiger partial charge in [0.05, 0.1) is 12.8 Å². The van der Waals surface area contributed by atoms with Gasteiger partial charge in [-0.05, 0) is 63.3 Å². The van der Waals surface area contributed by atoms with E-state index in [2.05, 4.69) is 52.5 Å². The van der Waals surface area contributed by atoms with Crippen molar-refractivity contribution < 1.29 is 29.3 Å². The maximum atomic E-state index is 12.8. The number of methoxy groups -OCH3 is 1. The summed E-state index contributed by atoms with van der Waals surface area (Å²) >= 11 is 0. The largest absolute Gasteiger partial charge is 0.495 e. The highest BCUT2D eigenvalue weighted by Gasteiger charge is 2.22. The Hall–Kier alpha value is -4.25. The van der Waals surface area contributed by atoms with Gasteiger partial charge in [-0.1, -0.05) is 12.1 Å². The van der Waals surface area contributed by atoms with Crippen LogP contribution in [0.4, 0.5) is 21.9 Å². The van der Waals surface area contributed by atoms with Crippen LogP contribution in [0.25, 0.3) is 0 Å². The fraction of sp³-hybridized carbons (Fsp3) is 0.393. The van der Waals surface area contributed by atoms with E-state index in [1.165, 1.54) is 16.8 Å². The van der Waals surface area contributed by atoms with Crippen LogP contribution in [0.15, 0.2) is 48.6 Å². The van der Waals surface area contributed by atoms with Gasteiger partial charge in [-0.2, -0.15) is 0 Å². The number of carbonyl (C=O) groups is 3. The molecule has 1 fully saturated rings. The number of amides is 2. The van der Waals surface area contributed by atoms with E-state index in [1.54, 1.807) is 7.11 Å². The summed E-state index contributed by atoms with van der Waals surface area (Å²) in [6.07, 6.45) is 1.12. The first-order valence-corrected chi connectivity index (χ1v) is 12.6. The van der Waals surface area contributed by atoms with Crippen molar-refractivity contribution in [3.8, 4) is 5.75 Å². The number of aryl methyl sites for hydroxylation is 1. The standard InChI is InChI=1S/C24H35N5O2.C4H4O4/c1-18-7-6-8-22(19(18)2)28-13-15-29(16-14-28)24(30)26-20-9-10-23(31-5)21(17-20)25-11-12-27(3)4;5-3(6)1-2-4(7)8/h6-10,17,25H,11-16H2,1-5H3,(H,26,30);1-2H,(H,5,6)(H,7,8)/b;2-1+. The van der Waals surface area contributed by atoms with Gasteiger partial charge in [0.2, 0.25) is 0 Å². The predicted octanol–water partition coefficient (Wildman–Crippen LogP) is 3.35. The number of urea groups is 1. The van der Waals surface area contributed by atoms with E-state index in [9.17, 15) is 14.4 Å². The van der Waals surface area contributed by atoms with Gasteiger partial charge in [-0.25, -0.2) is 14.4 Å². The molecular weight excluding hydrogens is 502 g/mol. The molecule has 1 aliphatic rings. The Balaban J connectivity index is 0.000000580. The second kappa shape index (κ2) is 15.2. The summed E-state index contributed by atoms with van der Waals surface area (Å²) in [5, 5.41) is 22.0. The minimum atomic E-state index is -1.26. The number of nitrogens with zero attached hydrogens (tertiary/aromatic N) is 3. The van der Waals surface area contributed by atoms with Gasteiger partial charge >= 0.3 is 18.0 Å². The van der Waals surface area contributed by atoms with E-state index < -0.39 is 11.9 Å². The van der Waals surface area contributed by atoms with Crippen molar-refractivity contribution in [2.45, 2.75) is 13.8 Å². The molecule has 39 heavy (non-hydrogen) atoms. The van der Waals surface area contributed by atoms with Crippen molar-refractivity contribution in [2.75, 3.05) is 76.0 Å². The second-order valence-corrected chi connectivity index (χ2v) is 9.28. The highest BCUT2D eigenvalue weighted by atomic mass is 16.5. The fourth-order valence-electron chi connectivity index (χ4n) is 3.91. The molecule has 0 spiro atoms. The van der Waals surface area contributed by atoms with Crippen LogP contribution in [-0.2, 0) is 9.59 Å². The van der Waals surface area contributed by atoms with E-state index >= 15 is 0 Å². The van der Waals surface area contributed by atoms with Crippen molar-refractivity contribution in [1.82, 2.24) is 9.80 Å². The molecule has 11 heteroatoms. The van der Waals surface area contributed by atoms with Crippen LogP contribution in [0.3, 0.4) is 0 Å². The lowest BCUT2D eigenvalue weighted by atomic mass is 10.1. The number of carbonyl (C=O) groups excluding carboxylic acids is 1. The van der Waals surface area contributed by atoms with Crippen LogP contribution in [-0.4, -0.2) is 98.5 Å². The first-order valence-electron chi connectivity index (χ1n) is 12.6. The molecule has 2 aromatic rings. The van der Waals surface area contributed by atoms with E-state index in [0.29, 0.717) is 25.2 Å². The summed E-state index contributed by atoms with van der Waals surface area (Å²) in [5.74, 6) is -1.75. The number of likely N-dealkylation sites (N-methyl/N-ethyl adjacent to an activating group) is 1. The second-order valence-electron chi connectivity index (χ2n) is 9.28. The molecular formula is C28H39N5O6. The third-order valence-electron chi connectivity index (χ3n) is 6.18.